The van der Waals surface area contributed by atoms with Gasteiger partial charge in [-0.15, -0.1) is 0 Å². The van der Waals surface area contributed by atoms with Crippen molar-refractivity contribution in [1.29, 1.82) is 0 Å². The number of carbonyl (C=O) groups excluding carboxylic acids is 2. The molecule has 0 fully saturated rings. The van der Waals surface area contributed by atoms with Crippen LogP contribution in [0.25, 0.3) is 11.0 Å². The third-order valence-electron chi connectivity index (χ3n) is 5.85. The summed E-state index contributed by atoms with van der Waals surface area (Å²) in [6.45, 7) is 11.4. The fourth-order valence-corrected chi connectivity index (χ4v) is 4.00. The summed E-state index contributed by atoms with van der Waals surface area (Å²) < 4.78 is 9.26. The summed E-state index contributed by atoms with van der Waals surface area (Å²) in [4.78, 5) is 25.3. The van der Waals surface area contributed by atoms with Gasteiger partial charge in [-0.05, 0) is 49.9 Å². The van der Waals surface area contributed by atoms with E-state index in [2.05, 4.69) is 36.7 Å². The number of imidazole rings is 1. The molecule has 1 atom stereocenters. The molecule has 3 rings (SSSR count). The van der Waals surface area contributed by atoms with Crippen LogP contribution in [0.4, 0.5) is 5.69 Å². The zero-order valence-electron chi connectivity index (χ0n) is 19.1. The van der Waals surface area contributed by atoms with Crippen LogP contribution in [0.5, 0.6) is 0 Å². The molecule has 0 aliphatic carbocycles. The van der Waals surface area contributed by atoms with Crippen molar-refractivity contribution in [1.82, 2.24) is 4.57 Å². The molecule has 1 N–H and O–H groups in total. The number of para-hydroxylation sites is 1. The Morgan fingerprint density at radius 1 is 1.13 bits per heavy atom. The number of ether oxygens (including phenoxy) is 1. The van der Waals surface area contributed by atoms with Gasteiger partial charge in [0.05, 0.1) is 18.7 Å². The number of esters is 1. The van der Waals surface area contributed by atoms with Crippen LogP contribution in [0, 0.1) is 6.92 Å². The van der Waals surface area contributed by atoms with Crippen LogP contribution in [0.1, 0.15) is 61.8 Å². The van der Waals surface area contributed by atoms with Crippen molar-refractivity contribution in [2.45, 2.75) is 60.0 Å². The van der Waals surface area contributed by atoms with E-state index in [1.165, 1.54) is 0 Å². The minimum absolute atomic E-state index is 0.0967. The van der Waals surface area contributed by atoms with Gasteiger partial charge in [-0.1, -0.05) is 32.0 Å². The molecule has 0 radical (unpaired) electrons. The summed E-state index contributed by atoms with van der Waals surface area (Å²) in [5.41, 5.74) is 4.31. The molecule has 0 aliphatic rings. The maximum absolute atomic E-state index is 13.0. The van der Waals surface area contributed by atoms with E-state index in [0.717, 1.165) is 41.1 Å². The Balaban J connectivity index is 1.95. The lowest BCUT2D eigenvalue weighted by Crippen LogP contribution is -2.35. The monoisotopic (exact) mass is 422 g/mol. The highest BCUT2D eigenvalue weighted by Gasteiger charge is 2.24. The molecule has 0 saturated heterocycles. The maximum atomic E-state index is 13.0. The standard InChI is InChI=1S/C25H31N3O3/c1-6-17(4)20-11-9-10-12-21(20)26-24(29)16-28-18(5)27(7-2)22-14-13-19(15-23(22)28)25(30)31-8-3/h9-15,17H,6-8,16H2,1-5H3/p+1/t17-/m0/s1. The zero-order chi connectivity index (χ0) is 22.5. The first-order valence-corrected chi connectivity index (χ1v) is 11.0. The zero-order valence-corrected chi connectivity index (χ0v) is 19.1. The summed E-state index contributed by atoms with van der Waals surface area (Å²) >= 11 is 0. The number of carbonyl (C=O) groups is 2. The van der Waals surface area contributed by atoms with Gasteiger partial charge >= 0.3 is 5.97 Å². The highest BCUT2D eigenvalue weighted by molar-refractivity contribution is 5.95. The van der Waals surface area contributed by atoms with Crippen LogP contribution in [0.2, 0.25) is 0 Å². The number of nitrogens with one attached hydrogen (secondary N) is 1. The van der Waals surface area contributed by atoms with Gasteiger partial charge in [0.2, 0.25) is 0 Å². The molecule has 31 heavy (non-hydrogen) atoms. The second-order valence-corrected chi connectivity index (χ2v) is 7.75. The summed E-state index contributed by atoms with van der Waals surface area (Å²) in [5, 5.41) is 3.09. The number of aromatic nitrogens is 2. The van der Waals surface area contributed by atoms with Crippen LogP contribution >= 0.6 is 0 Å². The molecule has 6 nitrogen and oxygen atoms in total. The van der Waals surface area contributed by atoms with Gasteiger partial charge < -0.3 is 10.1 Å². The Bertz CT molecular complexity index is 1100. The SMILES string of the molecule is CCOC(=O)c1ccc2c(c1)n(CC(=O)Nc1ccccc1[C@@H](C)CC)c(C)[n+]2CC. The first-order valence-electron chi connectivity index (χ1n) is 11.0. The first-order chi connectivity index (χ1) is 14.9. The van der Waals surface area contributed by atoms with E-state index in [-0.39, 0.29) is 18.4 Å². The average molecular weight is 423 g/mol. The molecule has 2 aromatic carbocycles. The number of benzene rings is 2. The van der Waals surface area contributed by atoms with Gasteiger partial charge in [0.1, 0.15) is 0 Å². The quantitative estimate of drug-likeness (QED) is 0.427. The molecule has 0 spiro atoms. The summed E-state index contributed by atoms with van der Waals surface area (Å²) in [6.07, 6.45) is 1.00. The number of hydrogen-bond acceptors (Lipinski definition) is 3. The lowest BCUT2D eigenvalue weighted by Gasteiger charge is -2.15. The third kappa shape index (κ3) is 4.63. The van der Waals surface area contributed by atoms with Crippen molar-refractivity contribution in [3.05, 3.63) is 59.4 Å². The predicted octanol–water partition coefficient (Wildman–Crippen LogP) is 4.59. The number of fused-ring (bicyclic) bond motifs is 1. The van der Waals surface area contributed by atoms with Gasteiger partial charge in [-0.3, -0.25) is 4.79 Å². The lowest BCUT2D eigenvalue weighted by molar-refractivity contribution is -0.674. The number of amides is 1. The molecule has 0 saturated carbocycles. The fourth-order valence-electron chi connectivity index (χ4n) is 4.00. The highest BCUT2D eigenvalue weighted by Crippen LogP contribution is 2.26. The van der Waals surface area contributed by atoms with Gasteiger partial charge in [-0.25, -0.2) is 13.9 Å². The highest BCUT2D eigenvalue weighted by atomic mass is 16.5. The largest absolute Gasteiger partial charge is 0.462 e. The second kappa shape index (κ2) is 9.77. The van der Waals surface area contributed by atoms with Gasteiger partial charge in [0, 0.05) is 18.7 Å². The summed E-state index contributed by atoms with van der Waals surface area (Å²) in [7, 11) is 0. The lowest BCUT2D eigenvalue weighted by atomic mass is 9.97. The molecule has 1 aromatic heterocycles. The Hall–Kier alpha value is -3.15. The Labute approximate surface area is 183 Å². The van der Waals surface area contributed by atoms with Crippen molar-refractivity contribution < 1.29 is 18.9 Å². The van der Waals surface area contributed by atoms with E-state index < -0.39 is 0 Å². The minimum atomic E-state index is -0.357. The molecule has 164 valence electrons. The van der Waals surface area contributed by atoms with Crippen molar-refractivity contribution >= 4 is 28.6 Å². The first kappa shape index (κ1) is 22.5. The predicted molar refractivity (Wildman–Crippen MR) is 122 cm³/mol. The summed E-state index contributed by atoms with van der Waals surface area (Å²) in [5.74, 6) is 0.870. The molecule has 0 unspecified atom stereocenters. The molecule has 6 heteroatoms. The molecule has 1 heterocycles. The number of aryl methyl sites for hydroxylation is 1. The minimum Gasteiger partial charge on any atom is -0.462 e. The number of nitrogens with zero attached hydrogens (tertiary/aromatic N) is 2. The molecular formula is C25H32N3O3+. The van der Waals surface area contributed by atoms with Crippen LogP contribution in [-0.2, 0) is 22.6 Å². The van der Waals surface area contributed by atoms with Crippen LogP contribution in [0.15, 0.2) is 42.5 Å². The molecule has 1 amide bonds. The van der Waals surface area contributed by atoms with Crippen molar-refractivity contribution in [2.24, 2.45) is 0 Å². The van der Waals surface area contributed by atoms with Crippen molar-refractivity contribution in [2.75, 3.05) is 11.9 Å². The number of anilines is 1. The Kier molecular flexibility index (Phi) is 7.10. The van der Waals surface area contributed by atoms with Crippen LogP contribution < -0.4 is 9.88 Å². The van der Waals surface area contributed by atoms with E-state index in [9.17, 15) is 9.59 Å². The summed E-state index contributed by atoms with van der Waals surface area (Å²) in [6, 6.07) is 13.5. The van der Waals surface area contributed by atoms with E-state index >= 15 is 0 Å². The van der Waals surface area contributed by atoms with E-state index in [1.807, 2.05) is 41.8 Å². The van der Waals surface area contributed by atoms with Crippen LogP contribution in [0.3, 0.4) is 0 Å². The van der Waals surface area contributed by atoms with Crippen molar-refractivity contribution in [3.63, 3.8) is 0 Å². The Morgan fingerprint density at radius 3 is 2.55 bits per heavy atom. The maximum Gasteiger partial charge on any atom is 0.338 e. The van der Waals surface area contributed by atoms with E-state index in [1.54, 1.807) is 13.0 Å². The number of hydrogen-bond donors (Lipinski definition) is 1. The average Bonchev–Trinajstić information content (AvgIpc) is 3.03. The van der Waals surface area contributed by atoms with Gasteiger partial charge in [0.25, 0.3) is 11.7 Å². The van der Waals surface area contributed by atoms with E-state index in [4.69, 9.17) is 4.74 Å². The second-order valence-electron chi connectivity index (χ2n) is 7.75. The van der Waals surface area contributed by atoms with Crippen LogP contribution in [-0.4, -0.2) is 23.1 Å². The number of rotatable bonds is 8. The normalized spacial score (nSPS) is 12.0. The van der Waals surface area contributed by atoms with Gasteiger partial charge in [-0.2, -0.15) is 0 Å². The van der Waals surface area contributed by atoms with Crippen molar-refractivity contribution in [3.8, 4) is 0 Å². The molecule has 3 aromatic rings. The Morgan fingerprint density at radius 2 is 1.87 bits per heavy atom. The topological polar surface area (TPSA) is 64.2 Å². The smallest absolute Gasteiger partial charge is 0.338 e. The van der Waals surface area contributed by atoms with Gasteiger partial charge in [0.15, 0.2) is 17.6 Å². The fraction of sp³-hybridized carbons (Fsp3) is 0.400. The third-order valence-corrected chi connectivity index (χ3v) is 5.85. The molecular weight excluding hydrogens is 390 g/mol. The van der Waals surface area contributed by atoms with E-state index in [0.29, 0.717) is 18.1 Å². The molecule has 0 bridgehead atoms. The molecule has 0 aliphatic heterocycles.